The minimum absolute atomic E-state index is 0.107. The molecule has 2 aromatic rings. The topological polar surface area (TPSA) is 84.7 Å². The monoisotopic (exact) mass is 334 g/mol. The van der Waals surface area contributed by atoms with Crippen LogP contribution in [0.4, 0.5) is 4.79 Å². The first-order valence-electron chi connectivity index (χ1n) is 8.01. The summed E-state index contributed by atoms with van der Waals surface area (Å²) >= 11 is 1.59. The van der Waals surface area contributed by atoms with Gasteiger partial charge in [0.1, 0.15) is 10.8 Å². The largest absolute Gasteiger partial charge is 0.331 e. The highest BCUT2D eigenvalue weighted by Gasteiger charge is 2.16. The van der Waals surface area contributed by atoms with Crippen molar-refractivity contribution in [2.75, 3.05) is 0 Å². The second-order valence-corrected chi connectivity index (χ2v) is 7.12. The van der Waals surface area contributed by atoms with Gasteiger partial charge in [-0.1, -0.05) is 6.42 Å². The second-order valence-electron chi connectivity index (χ2n) is 5.85. The number of hydrogen-bond donors (Lipinski definition) is 2. The van der Waals surface area contributed by atoms with Crippen molar-refractivity contribution in [3.05, 3.63) is 27.7 Å². The Kier molecular flexibility index (Phi) is 4.90. The van der Waals surface area contributed by atoms with Crippen molar-refractivity contribution in [1.29, 1.82) is 0 Å². The van der Waals surface area contributed by atoms with Crippen molar-refractivity contribution in [2.45, 2.75) is 58.7 Å². The average molecular weight is 334 g/mol. The Bertz CT molecular complexity index is 679. The van der Waals surface area contributed by atoms with Crippen LogP contribution in [0.5, 0.6) is 0 Å². The van der Waals surface area contributed by atoms with Crippen LogP contribution < -0.4 is 10.6 Å². The van der Waals surface area contributed by atoms with Gasteiger partial charge in [0.15, 0.2) is 5.82 Å². The van der Waals surface area contributed by atoms with Crippen LogP contribution in [0.25, 0.3) is 0 Å². The molecule has 1 unspecified atom stereocenters. The number of aryl methyl sites for hydroxylation is 2. The summed E-state index contributed by atoms with van der Waals surface area (Å²) in [5.41, 5.74) is 0. The summed E-state index contributed by atoms with van der Waals surface area (Å²) in [6.45, 7) is 5.27. The van der Waals surface area contributed by atoms with Crippen LogP contribution in [0, 0.1) is 6.92 Å². The molecule has 3 rings (SSSR count). The van der Waals surface area contributed by atoms with Crippen LogP contribution in [0.1, 0.15) is 53.8 Å². The van der Waals surface area contributed by atoms with E-state index in [1.54, 1.807) is 11.3 Å². The predicted molar refractivity (Wildman–Crippen MR) is 88.2 cm³/mol. The molecule has 2 aromatic heterocycles. The van der Waals surface area contributed by atoms with Gasteiger partial charge in [-0.05, 0) is 26.7 Å². The van der Waals surface area contributed by atoms with Crippen molar-refractivity contribution >= 4 is 17.4 Å². The fourth-order valence-electron chi connectivity index (χ4n) is 2.72. The Balaban J connectivity index is 1.54. The third-order valence-corrected chi connectivity index (χ3v) is 5.05. The first-order chi connectivity index (χ1) is 11.1. The fourth-order valence-corrected chi connectivity index (χ4v) is 3.49. The molecule has 23 heavy (non-hydrogen) atoms. The summed E-state index contributed by atoms with van der Waals surface area (Å²) in [7, 11) is 0. The molecule has 1 atom stereocenters. The maximum atomic E-state index is 12.1. The Morgan fingerprint density at radius 1 is 1.39 bits per heavy atom. The maximum absolute atomic E-state index is 12.1. The number of rotatable bonds is 4. The number of thiazole rings is 1. The van der Waals surface area contributed by atoms with Gasteiger partial charge < -0.3 is 15.2 Å². The van der Waals surface area contributed by atoms with Gasteiger partial charge in [0.05, 0.1) is 12.6 Å². The van der Waals surface area contributed by atoms with Gasteiger partial charge in [-0.3, -0.25) is 0 Å². The van der Waals surface area contributed by atoms with Gasteiger partial charge in [-0.2, -0.15) is 0 Å². The zero-order valence-electron chi connectivity index (χ0n) is 13.5. The van der Waals surface area contributed by atoms with Crippen molar-refractivity contribution in [1.82, 2.24) is 30.4 Å². The highest BCUT2D eigenvalue weighted by molar-refractivity contribution is 7.11. The summed E-state index contributed by atoms with van der Waals surface area (Å²) in [4.78, 5) is 17.5. The van der Waals surface area contributed by atoms with Crippen molar-refractivity contribution < 1.29 is 4.79 Å². The van der Waals surface area contributed by atoms with Gasteiger partial charge in [0, 0.05) is 24.0 Å². The molecule has 7 nitrogen and oxygen atoms in total. The number of carbonyl (C=O) groups is 1. The summed E-state index contributed by atoms with van der Waals surface area (Å²) in [5.74, 6) is 1.86. The van der Waals surface area contributed by atoms with Gasteiger partial charge in [-0.25, -0.2) is 9.78 Å². The molecule has 0 spiro atoms. The molecule has 0 aliphatic carbocycles. The van der Waals surface area contributed by atoms with E-state index < -0.39 is 0 Å². The first kappa shape index (κ1) is 15.9. The molecule has 3 heterocycles. The Morgan fingerprint density at radius 2 is 2.26 bits per heavy atom. The standard InChI is InChI=1S/C15H22N6OS/c1-10-8-16-14(23-10)11(2)18-15(22)17-9-13-20-19-12-6-4-3-5-7-21(12)13/h8,11H,3-7,9H2,1-2H3,(H2,17,18,22). The highest BCUT2D eigenvalue weighted by Crippen LogP contribution is 2.18. The predicted octanol–water partition coefficient (Wildman–Crippen LogP) is 2.33. The van der Waals surface area contributed by atoms with E-state index in [9.17, 15) is 4.79 Å². The van der Waals surface area contributed by atoms with E-state index in [0.717, 1.165) is 47.3 Å². The molecule has 0 saturated heterocycles. The fraction of sp³-hybridized carbons (Fsp3) is 0.600. The zero-order chi connectivity index (χ0) is 16.2. The Morgan fingerprint density at radius 3 is 3.04 bits per heavy atom. The van der Waals surface area contributed by atoms with Crippen molar-refractivity contribution in [3.63, 3.8) is 0 Å². The maximum Gasteiger partial charge on any atom is 0.315 e. The SMILES string of the molecule is Cc1cnc(C(C)NC(=O)NCc2nnc3n2CCCCC3)s1. The van der Waals surface area contributed by atoms with E-state index in [1.807, 2.05) is 20.0 Å². The van der Waals surface area contributed by atoms with Crippen molar-refractivity contribution in [3.8, 4) is 0 Å². The van der Waals surface area contributed by atoms with Crippen LogP contribution in [-0.4, -0.2) is 25.8 Å². The Labute approximate surface area is 139 Å². The summed E-state index contributed by atoms with van der Waals surface area (Å²) in [6.07, 6.45) is 6.32. The lowest BCUT2D eigenvalue weighted by Gasteiger charge is -2.13. The minimum Gasteiger partial charge on any atom is -0.331 e. The van der Waals surface area contributed by atoms with Crippen LogP contribution in [0.2, 0.25) is 0 Å². The van der Waals surface area contributed by atoms with Gasteiger partial charge >= 0.3 is 6.03 Å². The lowest BCUT2D eigenvalue weighted by atomic mass is 10.2. The van der Waals surface area contributed by atoms with E-state index in [-0.39, 0.29) is 12.1 Å². The molecule has 2 N–H and O–H groups in total. The van der Waals surface area contributed by atoms with E-state index in [1.165, 1.54) is 6.42 Å². The molecule has 8 heteroatoms. The molecule has 124 valence electrons. The molecular formula is C15H22N6OS. The molecule has 1 aliphatic rings. The molecule has 1 aliphatic heterocycles. The number of urea groups is 1. The number of aromatic nitrogens is 4. The summed E-state index contributed by atoms with van der Waals surface area (Å²) < 4.78 is 2.14. The molecule has 0 fully saturated rings. The molecule has 0 aromatic carbocycles. The summed E-state index contributed by atoms with van der Waals surface area (Å²) in [5, 5.41) is 15.1. The lowest BCUT2D eigenvalue weighted by molar-refractivity contribution is 0.237. The normalized spacial score (nSPS) is 15.6. The molecular weight excluding hydrogens is 312 g/mol. The molecule has 0 radical (unpaired) electrons. The van der Waals surface area contributed by atoms with Crippen molar-refractivity contribution in [2.24, 2.45) is 0 Å². The zero-order valence-corrected chi connectivity index (χ0v) is 14.3. The first-order valence-corrected chi connectivity index (χ1v) is 8.83. The van der Waals surface area contributed by atoms with E-state index in [4.69, 9.17) is 0 Å². The van der Waals surface area contributed by atoms with E-state index in [0.29, 0.717) is 6.54 Å². The quantitative estimate of drug-likeness (QED) is 0.899. The average Bonchev–Trinajstić information content (AvgIpc) is 3.05. The van der Waals surface area contributed by atoms with Gasteiger partial charge in [-0.15, -0.1) is 21.5 Å². The second kappa shape index (κ2) is 7.08. The van der Waals surface area contributed by atoms with Gasteiger partial charge in [0.25, 0.3) is 0 Å². The van der Waals surface area contributed by atoms with Crippen LogP contribution in [0.3, 0.4) is 0 Å². The summed E-state index contributed by atoms with van der Waals surface area (Å²) in [6, 6.07) is -0.319. The van der Waals surface area contributed by atoms with Crippen LogP contribution in [0.15, 0.2) is 6.20 Å². The number of amides is 2. The number of nitrogens with one attached hydrogen (secondary N) is 2. The Hall–Kier alpha value is -1.96. The molecule has 2 amide bonds. The lowest BCUT2D eigenvalue weighted by Crippen LogP contribution is -2.37. The number of nitrogens with zero attached hydrogens (tertiary/aromatic N) is 4. The minimum atomic E-state index is -0.212. The van der Waals surface area contributed by atoms with Gasteiger partial charge in [0.2, 0.25) is 0 Å². The number of fused-ring (bicyclic) bond motifs is 1. The molecule has 0 saturated carbocycles. The number of hydrogen-bond acceptors (Lipinski definition) is 5. The molecule has 0 bridgehead atoms. The van der Waals surface area contributed by atoms with E-state index in [2.05, 4.69) is 30.4 Å². The van der Waals surface area contributed by atoms with Crippen LogP contribution in [-0.2, 0) is 19.5 Å². The third-order valence-electron chi connectivity index (χ3n) is 3.95. The smallest absolute Gasteiger partial charge is 0.315 e. The highest BCUT2D eigenvalue weighted by atomic mass is 32.1. The third kappa shape index (κ3) is 3.87. The van der Waals surface area contributed by atoms with E-state index >= 15 is 0 Å². The number of carbonyl (C=O) groups excluding carboxylic acids is 1. The van der Waals surface area contributed by atoms with Crippen LogP contribution >= 0.6 is 11.3 Å².